The zero-order valence-corrected chi connectivity index (χ0v) is 17.4. The fourth-order valence-corrected chi connectivity index (χ4v) is 3.86. The van der Waals surface area contributed by atoms with Gasteiger partial charge in [0.15, 0.2) is 6.61 Å². The van der Waals surface area contributed by atoms with Gasteiger partial charge < -0.3 is 9.72 Å². The number of carbonyl (C=O) groups excluding carboxylic acids is 4. The van der Waals surface area contributed by atoms with Gasteiger partial charge in [-0.3, -0.25) is 19.3 Å². The largest absolute Gasteiger partial charge is 0.454 e. The number of aromatic amines is 1. The summed E-state index contributed by atoms with van der Waals surface area (Å²) in [6.07, 6.45) is 1.57. The van der Waals surface area contributed by atoms with Crippen molar-refractivity contribution in [3.05, 3.63) is 70.4 Å². The second-order valence-electron chi connectivity index (χ2n) is 7.55. The van der Waals surface area contributed by atoms with Crippen molar-refractivity contribution in [1.29, 1.82) is 0 Å². The summed E-state index contributed by atoms with van der Waals surface area (Å²) in [4.78, 5) is 54.6. The topological polar surface area (TPSA) is 96.5 Å². The van der Waals surface area contributed by atoms with Crippen LogP contribution in [0.4, 0.5) is 0 Å². The Hall–Kier alpha value is -3.74. The second kappa shape index (κ2) is 8.18. The molecule has 0 radical (unpaired) electrons. The number of amides is 2. The van der Waals surface area contributed by atoms with E-state index in [9.17, 15) is 19.2 Å². The number of Topliss-reactive ketones (excluding diaryl/α,β-unsaturated/α-hetero) is 1. The van der Waals surface area contributed by atoms with Crippen LogP contribution in [-0.4, -0.2) is 46.6 Å². The zero-order chi connectivity index (χ0) is 22.1. The molecule has 7 heteroatoms. The standard InChI is InChI=1S/C24H22N2O5/c1-3-4-11-26-22(28)16-10-9-15(12-18(16)23(26)29)24(30)31-13-20(27)21-14(2)25-19-8-6-5-7-17(19)21/h5-10,12,25H,3-4,11,13H2,1-2H3. The number of ether oxygens (including phenoxy) is 1. The molecule has 0 spiro atoms. The Bertz CT molecular complexity index is 1220. The number of fused-ring (bicyclic) bond motifs is 2. The molecule has 2 aromatic carbocycles. The lowest BCUT2D eigenvalue weighted by Gasteiger charge is -2.12. The van der Waals surface area contributed by atoms with E-state index in [1.165, 1.54) is 23.1 Å². The molecular formula is C24H22N2O5. The maximum Gasteiger partial charge on any atom is 0.338 e. The van der Waals surface area contributed by atoms with Gasteiger partial charge in [-0.25, -0.2) is 4.79 Å². The van der Waals surface area contributed by atoms with Crippen LogP contribution in [0.25, 0.3) is 10.9 Å². The van der Waals surface area contributed by atoms with Gasteiger partial charge in [0.25, 0.3) is 11.8 Å². The van der Waals surface area contributed by atoms with E-state index in [0.717, 1.165) is 23.7 Å². The molecule has 0 saturated carbocycles. The molecule has 0 unspecified atom stereocenters. The quantitative estimate of drug-likeness (QED) is 0.356. The van der Waals surface area contributed by atoms with E-state index in [2.05, 4.69) is 4.98 Å². The van der Waals surface area contributed by atoms with Crippen LogP contribution in [0, 0.1) is 6.92 Å². The molecule has 2 heterocycles. The second-order valence-corrected chi connectivity index (χ2v) is 7.55. The number of rotatable bonds is 7. The first-order chi connectivity index (χ1) is 14.9. The van der Waals surface area contributed by atoms with Crippen molar-refractivity contribution in [1.82, 2.24) is 9.88 Å². The van der Waals surface area contributed by atoms with Gasteiger partial charge >= 0.3 is 5.97 Å². The summed E-state index contributed by atoms with van der Waals surface area (Å²) in [5.74, 6) is -1.80. The predicted molar refractivity (Wildman–Crippen MR) is 114 cm³/mol. The van der Waals surface area contributed by atoms with Crippen molar-refractivity contribution in [2.24, 2.45) is 0 Å². The molecule has 1 N–H and O–H groups in total. The number of nitrogens with one attached hydrogen (secondary N) is 1. The number of imide groups is 1. The molecule has 4 rings (SSSR count). The highest BCUT2D eigenvalue weighted by atomic mass is 16.5. The molecule has 7 nitrogen and oxygen atoms in total. The van der Waals surface area contributed by atoms with Crippen LogP contribution in [0.3, 0.4) is 0 Å². The van der Waals surface area contributed by atoms with Gasteiger partial charge in [0.05, 0.1) is 16.7 Å². The lowest BCUT2D eigenvalue weighted by atomic mass is 10.1. The van der Waals surface area contributed by atoms with E-state index in [1.807, 2.05) is 31.2 Å². The zero-order valence-electron chi connectivity index (χ0n) is 17.4. The normalized spacial score (nSPS) is 13.0. The van der Waals surface area contributed by atoms with Crippen LogP contribution < -0.4 is 0 Å². The lowest BCUT2D eigenvalue weighted by Crippen LogP contribution is -2.30. The Labute approximate surface area is 179 Å². The molecule has 1 aromatic heterocycles. The number of aryl methyl sites for hydroxylation is 1. The third-order valence-corrected chi connectivity index (χ3v) is 5.45. The van der Waals surface area contributed by atoms with E-state index >= 15 is 0 Å². The van der Waals surface area contributed by atoms with E-state index in [4.69, 9.17) is 4.74 Å². The Morgan fingerprint density at radius 2 is 1.77 bits per heavy atom. The molecular weight excluding hydrogens is 396 g/mol. The maximum atomic E-state index is 12.7. The van der Waals surface area contributed by atoms with Gasteiger partial charge in [-0.05, 0) is 37.6 Å². The molecule has 2 amide bonds. The van der Waals surface area contributed by atoms with Crippen molar-refractivity contribution in [2.75, 3.05) is 13.2 Å². The van der Waals surface area contributed by atoms with Crippen LogP contribution in [0.5, 0.6) is 0 Å². The number of aromatic nitrogens is 1. The van der Waals surface area contributed by atoms with Crippen molar-refractivity contribution in [2.45, 2.75) is 26.7 Å². The summed E-state index contributed by atoms with van der Waals surface area (Å²) < 4.78 is 5.22. The summed E-state index contributed by atoms with van der Waals surface area (Å²) in [6, 6.07) is 11.7. The number of hydrogen-bond donors (Lipinski definition) is 1. The van der Waals surface area contributed by atoms with Gasteiger partial charge in [0, 0.05) is 28.7 Å². The molecule has 0 bridgehead atoms. The van der Waals surface area contributed by atoms with Crippen LogP contribution in [0.15, 0.2) is 42.5 Å². The molecule has 31 heavy (non-hydrogen) atoms. The van der Waals surface area contributed by atoms with E-state index in [1.54, 1.807) is 6.92 Å². The number of ketones is 1. The van der Waals surface area contributed by atoms with Crippen LogP contribution >= 0.6 is 0 Å². The van der Waals surface area contributed by atoms with Gasteiger partial charge in [-0.2, -0.15) is 0 Å². The Kier molecular flexibility index (Phi) is 5.42. The average Bonchev–Trinajstić information content (AvgIpc) is 3.23. The van der Waals surface area contributed by atoms with Gasteiger partial charge in [0.1, 0.15) is 0 Å². The SMILES string of the molecule is CCCCN1C(=O)c2ccc(C(=O)OCC(=O)c3c(C)[nH]c4ccccc34)cc2C1=O. The number of H-pyrrole nitrogens is 1. The van der Waals surface area contributed by atoms with E-state index in [0.29, 0.717) is 17.8 Å². The number of benzene rings is 2. The first-order valence-corrected chi connectivity index (χ1v) is 10.2. The van der Waals surface area contributed by atoms with Gasteiger partial charge in [-0.15, -0.1) is 0 Å². The van der Waals surface area contributed by atoms with Gasteiger partial charge in [0.2, 0.25) is 5.78 Å². The highest BCUT2D eigenvalue weighted by Crippen LogP contribution is 2.25. The minimum Gasteiger partial charge on any atom is -0.454 e. The molecule has 0 fully saturated rings. The van der Waals surface area contributed by atoms with Crippen molar-refractivity contribution < 1.29 is 23.9 Å². The van der Waals surface area contributed by atoms with Crippen LogP contribution in [0.2, 0.25) is 0 Å². The molecule has 1 aliphatic rings. The fraction of sp³-hybridized carbons (Fsp3) is 0.250. The maximum absolute atomic E-state index is 12.7. The van der Waals surface area contributed by atoms with Crippen molar-refractivity contribution in [3.63, 3.8) is 0 Å². The Morgan fingerprint density at radius 3 is 2.55 bits per heavy atom. The molecule has 158 valence electrons. The summed E-state index contributed by atoms with van der Waals surface area (Å²) in [5, 5.41) is 0.773. The average molecular weight is 418 g/mol. The molecule has 1 aliphatic heterocycles. The van der Waals surface area contributed by atoms with E-state index < -0.39 is 18.5 Å². The summed E-state index contributed by atoms with van der Waals surface area (Å²) >= 11 is 0. The van der Waals surface area contributed by atoms with Crippen LogP contribution in [-0.2, 0) is 4.74 Å². The Morgan fingerprint density at radius 1 is 1.03 bits per heavy atom. The third kappa shape index (κ3) is 3.63. The fourth-order valence-electron chi connectivity index (χ4n) is 3.86. The molecule has 0 aliphatic carbocycles. The number of unbranched alkanes of at least 4 members (excludes halogenated alkanes) is 1. The number of para-hydroxylation sites is 1. The third-order valence-electron chi connectivity index (χ3n) is 5.45. The highest BCUT2D eigenvalue weighted by Gasteiger charge is 2.35. The highest BCUT2D eigenvalue weighted by molar-refractivity contribution is 6.22. The predicted octanol–water partition coefficient (Wildman–Crippen LogP) is 3.91. The van der Waals surface area contributed by atoms with Crippen molar-refractivity contribution in [3.8, 4) is 0 Å². The van der Waals surface area contributed by atoms with E-state index in [-0.39, 0.29) is 28.4 Å². The van der Waals surface area contributed by atoms with Gasteiger partial charge in [-0.1, -0.05) is 31.5 Å². The summed E-state index contributed by atoms with van der Waals surface area (Å²) in [7, 11) is 0. The first kappa shape index (κ1) is 20.5. The number of carbonyl (C=O) groups is 4. The number of esters is 1. The minimum absolute atomic E-state index is 0.126. The Balaban J connectivity index is 1.48. The molecule has 0 atom stereocenters. The van der Waals surface area contributed by atoms with Crippen LogP contribution in [0.1, 0.15) is 66.9 Å². The number of hydrogen-bond acceptors (Lipinski definition) is 5. The first-order valence-electron chi connectivity index (χ1n) is 10.2. The number of nitrogens with zero attached hydrogens (tertiary/aromatic N) is 1. The summed E-state index contributed by atoms with van der Waals surface area (Å²) in [6.45, 7) is 3.70. The van der Waals surface area contributed by atoms with Crippen molar-refractivity contribution >= 4 is 34.5 Å². The monoisotopic (exact) mass is 418 g/mol. The smallest absolute Gasteiger partial charge is 0.338 e. The summed E-state index contributed by atoms with van der Waals surface area (Å²) in [5.41, 5.74) is 2.63. The molecule has 0 saturated heterocycles. The molecule has 3 aromatic rings. The minimum atomic E-state index is -0.721. The lowest BCUT2D eigenvalue weighted by molar-refractivity contribution is 0.0475.